The van der Waals surface area contributed by atoms with Gasteiger partial charge >= 0.3 is 17.9 Å². The molecule has 2 aliphatic heterocycles. The average Bonchev–Trinajstić information content (AvgIpc) is 3.59. The molecule has 40 heavy (non-hydrogen) atoms. The van der Waals surface area contributed by atoms with Crippen LogP contribution < -0.4 is 5.32 Å². The highest BCUT2D eigenvalue weighted by Crippen LogP contribution is 2.42. The number of aliphatic hydroxyl groups is 3. The molecule has 13 nitrogen and oxygen atoms in total. The van der Waals surface area contributed by atoms with Gasteiger partial charge in [-0.05, 0) is 50.5 Å². The predicted molar refractivity (Wildman–Crippen MR) is 136 cm³/mol. The van der Waals surface area contributed by atoms with Crippen molar-refractivity contribution < 1.29 is 61.0 Å². The van der Waals surface area contributed by atoms with Crippen LogP contribution >= 0.6 is 0 Å². The Balaban J connectivity index is 1.48. The first-order chi connectivity index (χ1) is 21.1. The SMILES string of the molecule is [2H]c1c([2H])c([2H])c(CC[C@@H](N[C@H](C)C(=O)N2[C@@H](C(=O)OC3OC(C(=O)O)C(O)C(O)C3O)C[C@H]3CCC[C@H]32)C(=O)O)c([2H])c1[2H]. The average molecular weight is 570 g/mol. The lowest BCUT2D eigenvalue weighted by atomic mass is 9.99. The Morgan fingerprint density at radius 2 is 1.80 bits per heavy atom. The van der Waals surface area contributed by atoms with Crippen molar-refractivity contribution in [2.75, 3.05) is 0 Å². The Morgan fingerprint density at radius 3 is 2.45 bits per heavy atom. The standard InChI is InChI=1S/C27H36N2O11/c1-13(28-16(24(34)35)11-10-14-6-3-2-4-7-14)23(33)29-17-9-5-8-15(17)12-18(29)26(38)40-27-21(32)19(30)20(31)22(39-27)25(36)37/h2-4,6-7,13,15-22,27-28,30-32H,5,8-12H2,1H3,(H,34,35)(H,36,37)/t13-,15-,16-,17-,18-,19?,20?,21?,22?,27?/m1/s1/i2D,3D,4D,6D,7D. The molecular weight excluding hydrogens is 528 g/mol. The van der Waals surface area contributed by atoms with Gasteiger partial charge in [-0.25, -0.2) is 9.59 Å². The molecule has 10 atom stereocenters. The minimum absolute atomic E-state index is 0.0703. The van der Waals surface area contributed by atoms with Crippen molar-refractivity contribution in [3.63, 3.8) is 0 Å². The third-order valence-electron chi connectivity index (χ3n) is 7.76. The molecule has 0 spiro atoms. The Kier molecular flexibility index (Phi) is 7.43. The van der Waals surface area contributed by atoms with Crippen molar-refractivity contribution >= 4 is 23.8 Å². The minimum Gasteiger partial charge on any atom is -0.480 e. The molecule has 1 aromatic carbocycles. The summed E-state index contributed by atoms with van der Waals surface area (Å²) in [7, 11) is 0. The quantitative estimate of drug-likeness (QED) is 0.193. The lowest BCUT2D eigenvalue weighted by Gasteiger charge is -2.39. The van der Waals surface area contributed by atoms with E-state index in [-0.39, 0.29) is 36.8 Å². The maximum atomic E-state index is 13.8. The molecule has 220 valence electrons. The number of amides is 1. The molecule has 1 amide bonds. The van der Waals surface area contributed by atoms with Gasteiger partial charge in [0.2, 0.25) is 12.2 Å². The van der Waals surface area contributed by atoms with E-state index in [1.54, 1.807) is 0 Å². The number of ether oxygens (including phenoxy) is 2. The molecule has 6 N–H and O–H groups in total. The van der Waals surface area contributed by atoms with Gasteiger partial charge in [0.25, 0.3) is 0 Å². The summed E-state index contributed by atoms with van der Waals surface area (Å²) in [4.78, 5) is 51.9. The number of nitrogens with one attached hydrogen (secondary N) is 1. The van der Waals surface area contributed by atoms with Crippen LogP contribution in [0.3, 0.4) is 0 Å². The van der Waals surface area contributed by atoms with Crippen LogP contribution in [0.25, 0.3) is 0 Å². The van der Waals surface area contributed by atoms with E-state index in [9.17, 15) is 44.7 Å². The number of carbonyl (C=O) groups excluding carboxylic acids is 2. The van der Waals surface area contributed by atoms with Gasteiger partial charge in [-0.3, -0.25) is 14.9 Å². The maximum Gasteiger partial charge on any atom is 0.335 e. The van der Waals surface area contributed by atoms with Crippen molar-refractivity contribution in [2.45, 2.75) is 100 Å². The van der Waals surface area contributed by atoms with E-state index in [0.29, 0.717) is 12.8 Å². The lowest BCUT2D eigenvalue weighted by molar-refractivity contribution is -0.287. The molecule has 1 aliphatic carbocycles. The van der Waals surface area contributed by atoms with E-state index in [1.165, 1.54) is 11.8 Å². The molecule has 0 aromatic heterocycles. The largest absolute Gasteiger partial charge is 0.480 e. The van der Waals surface area contributed by atoms with Crippen LogP contribution in [0.4, 0.5) is 0 Å². The van der Waals surface area contributed by atoms with Crippen molar-refractivity contribution in [1.82, 2.24) is 10.2 Å². The fraction of sp³-hybridized carbons (Fsp3) is 0.630. The molecule has 3 aliphatic rings. The van der Waals surface area contributed by atoms with Crippen molar-refractivity contribution in [1.29, 1.82) is 0 Å². The van der Waals surface area contributed by atoms with Crippen molar-refractivity contribution in [3.05, 3.63) is 35.8 Å². The molecule has 0 radical (unpaired) electrons. The van der Waals surface area contributed by atoms with E-state index in [1.807, 2.05) is 0 Å². The second-order valence-corrected chi connectivity index (χ2v) is 10.3. The zero-order chi connectivity index (χ0) is 33.5. The van der Waals surface area contributed by atoms with Gasteiger partial charge in [0.15, 0.2) is 6.10 Å². The van der Waals surface area contributed by atoms with Gasteiger partial charge in [-0.2, -0.15) is 0 Å². The van der Waals surface area contributed by atoms with Gasteiger partial charge in [0, 0.05) is 6.04 Å². The Morgan fingerprint density at radius 1 is 1.10 bits per heavy atom. The molecule has 4 rings (SSSR count). The van der Waals surface area contributed by atoms with Gasteiger partial charge in [-0.15, -0.1) is 0 Å². The van der Waals surface area contributed by atoms with Gasteiger partial charge in [-0.1, -0.05) is 36.6 Å². The maximum absolute atomic E-state index is 13.8. The predicted octanol–water partition coefficient (Wildman–Crippen LogP) is -0.744. The van der Waals surface area contributed by atoms with Crippen LogP contribution in [0.1, 0.15) is 51.4 Å². The molecule has 13 heteroatoms. The number of aliphatic carboxylic acids is 2. The number of rotatable bonds is 10. The molecule has 5 unspecified atom stereocenters. The summed E-state index contributed by atoms with van der Waals surface area (Å²) in [5.74, 6) is -4.78. The van der Waals surface area contributed by atoms with Gasteiger partial charge in [0.1, 0.15) is 30.4 Å². The van der Waals surface area contributed by atoms with Crippen LogP contribution in [-0.2, 0) is 35.1 Å². The van der Waals surface area contributed by atoms with Crippen LogP contribution in [0.5, 0.6) is 0 Å². The van der Waals surface area contributed by atoms with E-state index < -0.39 is 103 Å². The Hall–Kier alpha value is -3.10. The summed E-state index contributed by atoms with van der Waals surface area (Å²) in [5, 5.41) is 52.1. The van der Waals surface area contributed by atoms with Crippen LogP contribution in [0.15, 0.2) is 30.2 Å². The third-order valence-corrected chi connectivity index (χ3v) is 7.76. The zero-order valence-corrected chi connectivity index (χ0v) is 21.6. The Labute approximate surface area is 237 Å². The summed E-state index contributed by atoms with van der Waals surface area (Å²) in [6, 6.07) is -6.71. The number of nitrogens with zero attached hydrogens (tertiary/aromatic N) is 1. The van der Waals surface area contributed by atoms with Crippen LogP contribution in [-0.4, -0.2) is 109 Å². The summed E-state index contributed by atoms with van der Waals surface area (Å²) in [6.45, 7) is 1.40. The number of carboxylic acid groups (broad SMARTS) is 2. The highest BCUT2D eigenvalue weighted by atomic mass is 16.7. The third kappa shape index (κ3) is 6.28. The second kappa shape index (κ2) is 12.6. The normalized spacial score (nSPS) is 34.9. The number of hydrogen-bond donors (Lipinski definition) is 6. The minimum atomic E-state index is -2.00. The molecule has 3 fully saturated rings. The fourth-order valence-corrected chi connectivity index (χ4v) is 5.72. The van der Waals surface area contributed by atoms with Gasteiger partial charge < -0.3 is 39.9 Å². The number of hydrogen-bond acceptors (Lipinski definition) is 10. The molecular formula is C27H36N2O11. The number of esters is 1. The number of benzene rings is 1. The van der Waals surface area contributed by atoms with E-state index in [2.05, 4.69) is 5.32 Å². The zero-order valence-electron chi connectivity index (χ0n) is 26.6. The monoisotopic (exact) mass is 569 g/mol. The Bertz CT molecular complexity index is 1320. The molecule has 2 heterocycles. The summed E-state index contributed by atoms with van der Waals surface area (Å²) < 4.78 is 49.8. The number of likely N-dealkylation sites (tertiary alicyclic amines) is 1. The fourth-order valence-electron chi connectivity index (χ4n) is 5.72. The first-order valence-corrected chi connectivity index (χ1v) is 13.1. The summed E-state index contributed by atoms with van der Waals surface area (Å²) in [6.07, 6.45) is -8.16. The second-order valence-electron chi connectivity index (χ2n) is 10.3. The lowest BCUT2D eigenvalue weighted by Crippen LogP contribution is -2.61. The number of aliphatic hydroxyl groups excluding tert-OH is 3. The van der Waals surface area contributed by atoms with Gasteiger partial charge in [0.05, 0.1) is 12.9 Å². The van der Waals surface area contributed by atoms with E-state index in [4.69, 9.17) is 16.3 Å². The summed E-state index contributed by atoms with van der Waals surface area (Å²) >= 11 is 0. The number of fused-ring (bicyclic) bond motifs is 1. The van der Waals surface area contributed by atoms with Crippen LogP contribution in [0.2, 0.25) is 0 Å². The number of carbonyl (C=O) groups is 4. The highest BCUT2D eigenvalue weighted by molar-refractivity contribution is 5.89. The van der Waals surface area contributed by atoms with Crippen LogP contribution in [0, 0.1) is 5.92 Å². The first kappa shape index (κ1) is 23.6. The van der Waals surface area contributed by atoms with Crippen molar-refractivity contribution in [3.8, 4) is 0 Å². The molecule has 2 saturated heterocycles. The topological polar surface area (TPSA) is 203 Å². The number of carboxylic acids is 2. The van der Waals surface area contributed by atoms with E-state index in [0.717, 1.165) is 6.42 Å². The summed E-state index contributed by atoms with van der Waals surface area (Å²) in [5.41, 5.74) is -0.0703. The molecule has 1 aromatic rings. The van der Waals surface area contributed by atoms with E-state index >= 15 is 0 Å². The smallest absolute Gasteiger partial charge is 0.335 e. The highest BCUT2D eigenvalue weighted by Gasteiger charge is 2.53. The first-order valence-electron chi connectivity index (χ1n) is 15.6. The van der Waals surface area contributed by atoms with Crippen molar-refractivity contribution in [2.24, 2.45) is 5.92 Å². The molecule has 0 bridgehead atoms. The molecule has 1 saturated carbocycles.